The Morgan fingerprint density at radius 1 is 1.15 bits per heavy atom. The molecule has 10 unspecified atom stereocenters. The third-order valence-electron chi connectivity index (χ3n) is 9.84. The number of aliphatic hydroxyl groups is 3. The van der Waals surface area contributed by atoms with Crippen LogP contribution in [0.2, 0.25) is 0 Å². The zero-order valence-corrected chi connectivity index (χ0v) is 29.3. The summed E-state index contributed by atoms with van der Waals surface area (Å²) < 4.78 is 17.7. The minimum atomic E-state index is -1.12. The van der Waals surface area contributed by atoms with Crippen LogP contribution in [0.25, 0.3) is 0 Å². The second kappa shape index (κ2) is 17.2. The smallest absolute Gasteiger partial charge is 0.410 e. The van der Waals surface area contributed by atoms with E-state index in [0.717, 1.165) is 18.7 Å². The summed E-state index contributed by atoms with van der Waals surface area (Å²) in [6.07, 6.45) is 8.15. The number of carbonyl (C=O) groups excluding carboxylic acids is 2. The van der Waals surface area contributed by atoms with Gasteiger partial charge in [-0.25, -0.2) is 4.79 Å². The third-order valence-corrected chi connectivity index (χ3v) is 9.84. The second-order valence-corrected chi connectivity index (χ2v) is 14.3. The van der Waals surface area contributed by atoms with Crippen LogP contribution >= 0.6 is 0 Å². The number of cyclic esters (lactones) is 1. The highest BCUT2D eigenvalue weighted by molar-refractivity contribution is 5.70. The fraction of sp³-hybridized carbons (Fsp3) is 0.778. The maximum Gasteiger partial charge on any atom is 0.410 e. The topological polar surface area (TPSA) is 132 Å². The molecule has 3 heterocycles. The van der Waals surface area contributed by atoms with Gasteiger partial charge in [-0.15, -0.1) is 0 Å². The Balaban J connectivity index is 1.70. The zero-order valence-electron chi connectivity index (χ0n) is 29.3. The highest BCUT2D eigenvalue weighted by atomic mass is 16.6. The van der Waals surface area contributed by atoms with Gasteiger partial charge in [0.25, 0.3) is 0 Å². The van der Waals surface area contributed by atoms with E-state index in [1.807, 2.05) is 52.8 Å². The number of aliphatic hydroxyl groups excluding tert-OH is 2. The van der Waals surface area contributed by atoms with Crippen molar-refractivity contribution < 1.29 is 39.1 Å². The predicted molar refractivity (Wildman–Crippen MR) is 178 cm³/mol. The number of nitrogens with zero attached hydrogens (tertiary/aromatic N) is 2. The van der Waals surface area contributed by atoms with E-state index in [2.05, 4.69) is 18.7 Å². The molecule has 1 amide bonds. The summed E-state index contributed by atoms with van der Waals surface area (Å²) in [5.41, 5.74) is -0.352. The van der Waals surface area contributed by atoms with Crippen LogP contribution in [0.3, 0.4) is 0 Å². The number of hydrogen-bond donors (Lipinski definition) is 3. The number of rotatable bonds is 10. The Labute approximate surface area is 276 Å². The molecule has 262 valence electrons. The normalized spacial score (nSPS) is 33.1. The maximum atomic E-state index is 13.2. The van der Waals surface area contributed by atoms with Gasteiger partial charge in [-0.05, 0) is 64.5 Å². The molecular weight excluding hydrogens is 588 g/mol. The molecule has 10 atom stereocenters. The molecular formula is C36H60N2O8. The highest BCUT2D eigenvalue weighted by Crippen LogP contribution is 2.37. The molecule has 0 aromatic rings. The molecule has 0 bridgehead atoms. The van der Waals surface area contributed by atoms with E-state index < -0.39 is 36.0 Å². The first-order valence-corrected chi connectivity index (χ1v) is 17.3. The number of ether oxygens (including phenoxy) is 3. The van der Waals surface area contributed by atoms with Crippen molar-refractivity contribution in [1.82, 2.24) is 9.80 Å². The van der Waals surface area contributed by atoms with E-state index in [-0.39, 0.29) is 42.5 Å². The summed E-state index contributed by atoms with van der Waals surface area (Å²) in [6.45, 7) is 18.6. The van der Waals surface area contributed by atoms with Gasteiger partial charge >= 0.3 is 12.1 Å². The van der Waals surface area contributed by atoms with Gasteiger partial charge in [0.05, 0.1) is 36.4 Å². The first kappa shape index (κ1) is 38.2. The van der Waals surface area contributed by atoms with Crippen molar-refractivity contribution in [1.29, 1.82) is 0 Å². The molecule has 0 spiro atoms. The fourth-order valence-electron chi connectivity index (χ4n) is 6.41. The Hall–Kier alpha value is -2.24. The van der Waals surface area contributed by atoms with E-state index >= 15 is 0 Å². The van der Waals surface area contributed by atoms with Crippen LogP contribution in [0, 0.1) is 17.8 Å². The van der Waals surface area contributed by atoms with Crippen molar-refractivity contribution in [2.45, 2.75) is 136 Å². The highest BCUT2D eigenvalue weighted by Gasteiger charge is 2.47. The minimum Gasteiger partial charge on any atom is -0.457 e. The van der Waals surface area contributed by atoms with Crippen molar-refractivity contribution in [3.05, 3.63) is 36.0 Å². The second-order valence-electron chi connectivity index (χ2n) is 14.3. The van der Waals surface area contributed by atoms with Gasteiger partial charge in [0.1, 0.15) is 12.2 Å². The van der Waals surface area contributed by atoms with Crippen molar-refractivity contribution in [2.75, 3.05) is 26.2 Å². The lowest BCUT2D eigenvalue weighted by atomic mass is 9.91. The summed E-state index contributed by atoms with van der Waals surface area (Å²) in [7, 11) is 0. The van der Waals surface area contributed by atoms with Crippen LogP contribution in [0.15, 0.2) is 36.0 Å². The van der Waals surface area contributed by atoms with Gasteiger partial charge in [0.2, 0.25) is 0 Å². The van der Waals surface area contributed by atoms with Crippen LogP contribution in [0.5, 0.6) is 0 Å². The quantitative estimate of drug-likeness (QED) is 0.134. The van der Waals surface area contributed by atoms with Gasteiger partial charge < -0.3 is 34.4 Å². The van der Waals surface area contributed by atoms with Crippen molar-refractivity contribution in [3.8, 4) is 0 Å². The molecule has 0 radical (unpaired) electrons. The summed E-state index contributed by atoms with van der Waals surface area (Å²) in [6, 6.07) is 0.434. The lowest BCUT2D eigenvalue weighted by Gasteiger charge is -2.37. The van der Waals surface area contributed by atoms with Gasteiger partial charge in [-0.2, -0.15) is 0 Å². The molecule has 3 N–H and O–H groups in total. The molecule has 3 aliphatic rings. The molecule has 46 heavy (non-hydrogen) atoms. The fourth-order valence-corrected chi connectivity index (χ4v) is 6.41. The Bertz CT molecular complexity index is 1080. The zero-order chi connectivity index (χ0) is 34.2. The van der Waals surface area contributed by atoms with Crippen molar-refractivity contribution in [2.24, 2.45) is 17.8 Å². The molecule has 10 heteroatoms. The standard InChI is InChI=1S/C36H60N2O8/c1-9-29(40)27(7)34-31(44-34)22-36(8,43)16-10-11-25(5)33-26(6)13-15-30(24(4)12-14-28(39)21-32(41)46-33)45-35(42)38-19-17-37(18-20-38)23(2)3/h10-11,13,15-16,23-24,26-31,33-34,39-40,43H,9,12,14,17-22H2,1-8H3. The van der Waals surface area contributed by atoms with E-state index in [9.17, 15) is 24.9 Å². The lowest BCUT2D eigenvalue weighted by molar-refractivity contribution is -0.151. The Morgan fingerprint density at radius 3 is 2.46 bits per heavy atom. The molecule has 10 nitrogen and oxygen atoms in total. The molecule has 0 aromatic heterocycles. The average molecular weight is 649 g/mol. The maximum absolute atomic E-state index is 13.2. The van der Waals surface area contributed by atoms with E-state index in [1.54, 1.807) is 24.0 Å². The molecule has 0 aromatic carbocycles. The van der Waals surface area contributed by atoms with E-state index in [0.29, 0.717) is 44.8 Å². The van der Waals surface area contributed by atoms with Gasteiger partial charge in [0, 0.05) is 50.5 Å². The predicted octanol–water partition coefficient (Wildman–Crippen LogP) is 4.62. The molecule has 2 saturated heterocycles. The van der Waals surface area contributed by atoms with Gasteiger partial charge in [-0.3, -0.25) is 9.69 Å². The number of allylic oxidation sites excluding steroid dienone is 2. The van der Waals surface area contributed by atoms with Crippen LogP contribution < -0.4 is 0 Å². The first-order chi connectivity index (χ1) is 21.6. The molecule has 0 aliphatic carbocycles. The average Bonchev–Trinajstić information content (AvgIpc) is 3.76. The SMILES string of the molecule is CCC(O)C(C)C1OC1CC(C)(O)C=CC=C(C)C1OC(=O)CC(O)CCC(C)C(OC(=O)N2CCN(C(C)C)CC2)C=CC1C. The number of esters is 1. The minimum absolute atomic E-state index is 0.00677. The molecule has 0 saturated carbocycles. The third kappa shape index (κ3) is 11.5. The van der Waals surface area contributed by atoms with Crippen molar-refractivity contribution >= 4 is 12.1 Å². The summed E-state index contributed by atoms with van der Waals surface area (Å²) >= 11 is 0. The number of epoxide rings is 1. The van der Waals surface area contributed by atoms with Gasteiger partial charge in [0.15, 0.2) is 0 Å². The molecule has 3 rings (SSSR count). The number of carbonyl (C=O) groups is 2. The Morgan fingerprint density at radius 2 is 1.83 bits per heavy atom. The summed E-state index contributed by atoms with van der Waals surface area (Å²) in [5.74, 6) is -0.774. The van der Waals surface area contributed by atoms with Crippen LogP contribution in [0.1, 0.15) is 87.5 Å². The van der Waals surface area contributed by atoms with Gasteiger partial charge in [-0.1, -0.05) is 52.0 Å². The van der Waals surface area contributed by atoms with Crippen LogP contribution in [0.4, 0.5) is 4.79 Å². The van der Waals surface area contributed by atoms with E-state index in [1.165, 1.54) is 0 Å². The number of amides is 1. The summed E-state index contributed by atoms with van der Waals surface area (Å²) in [4.78, 5) is 30.1. The number of hydrogen-bond acceptors (Lipinski definition) is 9. The Kier molecular flexibility index (Phi) is 14.3. The van der Waals surface area contributed by atoms with Crippen LogP contribution in [-0.4, -0.2) is 112 Å². The molecule has 3 aliphatic heterocycles. The molecule has 2 fully saturated rings. The number of piperazine rings is 1. The van der Waals surface area contributed by atoms with Crippen LogP contribution in [-0.2, 0) is 19.0 Å². The largest absolute Gasteiger partial charge is 0.457 e. The first-order valence-electron chi connectivity index (χ1n) is 17.3. The van der Waals surface area contributed by atoms with E-state index in [4.69, 9.17) is 14.2 Å². The van der Waals surface area contributed by atoms with Crippen molar-refractivity contribution in [3.63, 3.8) is 0 Å². The lowest BCUT2D eigenvalue weighted by Crippen LogP contribution is -2.51. The summed E-state index contributed by atoms with van der Waals surface area (Å²) in [5, 5.41) is 31.7. The monoisotopic (exact) mass is 648 g/mol.